The van der Waals surface area contributed by atoms with Crippen molar-refractivity contribution in [3.63, 3.8) is 0 Å². The highest BCUT2D eigenvalue weighted by molar-refractivity contribution is 5.94. The maximum absolute atomic E-state index is 12.7. The number of hydrogen-bond acceptors (Lipinski definition) is 5. The maximum Gasteiger partial charge on any atom is 0.344 e. The van der Waals surface area contributed by atoms with Gasteiger partial charge in [0, 0.05) is 10.8 Å². The zero-order valence-corrected chi connectivity index (χ0v) is 14.6. The van der Waals surface area contributed by atoms with E-state index < -0.39 is 18.5 Å². The molecule has 0 aliphatic carbocycles. The maximum atomic E-state index is 12.7. The number of carbonyl (C=O) groups is 2. The van der Waals surface area contributed by atoms with Crippen LogP contribution >= 0.6 is 0 Å². The van der Waals surface area contributed by atoms with Crippen molar-refractivity contribution in [2.45, 2.75) is 26.5 Å². The van der Waals surface area contributed by atoms with E-state index in [-0.39, 0.29) is 18.1 Å². The van der Waals surface area contributed by atoms with Crippen LogP contribution in [0.25, 0.3) is 21.8 Å². The molecule has 0 N–H and O–H groups in total. The van der Waals surface area contributed by atoms with Crippen molar-refractivity contribution in [3.05, 3.63) is 58.8 Å². The van der Waals surface area contributed by atoms with Crippen molar-refractivity contribution in [1.29, 1.82) is 0 Å². The molecule has 6 nitrogen and oxygen atoms in total. The minimum atomic E-state index is -0.594. The van der Waals surface area contributed by atoms with Crippen LogP contribution < -0.4 is 5.43 Å². The van der Waals surface area contributed by atoms with Gasteiger partial charge in [0.2, 0.25) is 0 Å². The van der Waals surface area contributed by atoms with E-state index in [4.69, 9.17) is 9.47 Å². The molecular formula is C20H19NO5. The smallest absolute Gasteiger partial charge is 0.344 e. The molecule has 3 rings (SSSR count). The van der Waals surface area contributed by atoms with Crippen LogP contribution in [0.3, 0.4) is 0 Å². The summed E-state index contributed by atoms with van der Waals surface area (Å²) in [6.45, 7) is 2.89. The van der Waals surface area contributed by atoms with Crippen molar-refractivity contribution in [3.8, 4) is 0 Å². The molecule has 134 valence electrons. The molecule has 0 bridgehead atoms. The molecule has 0 aliphatic heterocycles. The summed E-state index contributed by atoms with van der Waals surface area (Å²) in [5.74, 6) is -1.17. The van der Waals surface area contributed by atoms with E-state index in [1.165, 1.54) is 0 Å². The number of benzene rings is 2. The van der Waals surface area contributed by atoms with Gasteiger partial charge in [-0.3, -0.25) is 9.59 Å². The van der Waals surface area contributed by atoms with Crippen molar-refractivity contribution >= 4 is 33.7 Å². The predicted octanol–water partition coefficient (Wildman–Crippen LogP) is 2.65. The summed E-state index contributed by atoms with van der Waals surface area (Å²) in [6, 6.07) is 14.2. The lowest BCUT2D eigenvalue weighted by molar-refractivity contribution is -0.161. The monoisotopic (exact) mass is 353 g/mol. The Morgan fingerprint density at radius 1 is 0.923 bits per heavy atom. The van der Waals surface area contributed by atoms with Gasteiger partial charge in [-0.15, -0.1) is 0 Å². The zero-order chi connectivity index (χ0) is 18.7. The van der Waals surface area contributed by atoms with E-state index in [0.717, 1.165) is 0 Å². The Bertz CT molecular complexity index is 975. The topological polar surface area (TPSA) is 74.6 Å². The molecule has 0 saturated carbocycles. The lowest BCUT2D eigenvalue weighted by Gasteiger charge is -2.14. The number of ether oxygens (including phenoxy) is 2. The quantitative estimate of drug-likeness (QED) is 0.521. The fourth-order valence-corrected chi connectivity index (χ4v) is 2.86. The summed E-state index contributed by atoms with van der Waals surface area (Å²) in [5, 5.41) is 1.05. The number of fused-ring (bicyclic) bond motifs is 2. The van der Waals surface area contributed by atoms with Gasteiger partial charge in [0.15, 0.2) is 12.0 Å². The summed E-state index contributed by atoms with van der Waals surface area (Å²) in [4.78, 5) is 36.4. The lowest BCUT2D eigenvalue weighted by Crippen LogP contribution is -2.23. The van der Waals surface area contributed by atoms with Gasteiger partial charge >= 0.3 is 11.9 Å². The third kappa shape index (κ3) is 3.59. The Balaban J connectivity index is 1.94. The summed E-state index contributed by atoms with van der Waals surface area (Å²) >= 11 is 0. The van der Waals surface area contributed by atoms with Crippen molar-refractivity contribution in [1.82, 2.24) is 4.57 Å². The van der Waals surface area contributed by atoms with Crippen LogP contribution in [0.1, 0.15) is 13.8 Å². The van der Waals surface area contributed by atoms with E-state index in [2.05, 4.69) is 0 Å². The van der Waals surface area contributed by atoms with Crippen molar-refractivity contribution in [2.24, 2.45) is 0 Å². The fourth-order valence-electron chi connectivity index (χ4n) is 2.86. The average molecular weight is 353 g/mol. The number of para-hydroxylation sites is 2. The summed E-state index contributed by atoms with van der Waals surface area (Å²) < 4.78 is 11.7. The second-order valence-electron chi connectivity index (χ2n) is 6.15. The molecule has 0 atom stereocenters. The highest BCUT2D eigenvalue weighted by atomic mass is 16.6. The molecule has 1 aromatic heterocycles. The number of carbonyl (C=O) groups excluding carboxylic acids is 2. The number of hydrogen-bond donors (Lipinski definition) is 0. The molecule has 0 aliphatic rings. The number of rotatable bonds is 5. The van der Waals surface area contributed by atoms with Crippen LogP contribution in [0.5, 0.6) is 0 Å². The highest BCUT2D eigenvalue weighted by Crippen LogP contribution is 2.19. The fraction of sp³-hybridized carbons (Fsp3) is 0.250. The molecule has 0 unspecified atom stereocenters. The first kappa shape index (κ1) is 17.7. The second-order valence-corrected chi connectivity index (χ2v) is 6.15. The van der Waals surface area contributed by atoms with Crippen molar-refractivity contribution in [2.75, 3.05) is 6.61 Å². The Hall–Kier alpha value is -3.15. The van der Waals surface area contributed by atoms with Gasteiger partial charge in [-0.1, -0.05) is 24.3 Å². The minimum absolute atomic E-state index is 0.0821. The molecule has 3 aromatic rings. The van der Waals surface area contributed by atoms with Crippen LogP contribution in [0.2, 0.25) is 0 Å². The van der Waals surface area contributed by atoms with E-state index in [0.29, 0.717) is 21.8 Å². The Kier molecular flexibility index (Phi) is 5.02. The highest BCUT2D eigenvalue weighted by Gasteiger charge is 2.15. The molecule has 0 radical (unpaired) electrons. The van der Waals surface area contributed by atoms with Gasteiger partial charge in [-0.2, -0.15) is 0 Å². The Morgan fingerprint density at radius 2 is 1.46 bits per heavy atom. The van der Waals surface area contributed by atoms with Crippen LogP contribution in [0.15, 0.2) is 53.3 Å². The molecule has 0 saturated heterocycles. The average Bonchev–Trinajstić information content (AvgIpc) is 2.63. The zero-order valence-electron chi connectivity index (χ0n) is 14.6. The van der Waals surface area contributed by atoms with Crippen LogP contribution in [0.4, 0.5) is 0 Å². The molecule has 0 amide bonds. The van der Waals surface area contributed by atoms with Gasteiger partial charge in [0.05, 0.1) is 17.1 Å². The third-order valence-electron chi connectivity index (χ3n) is 3.88. The molecule has 0 fully saturated rings. The largest absolute Gasteiger partial charge is 0.460 e. The molecule has 26 heavy (non-hydrogen) atoms. The first-order valence-electron chi connectivity index (χ1n) is 8.32. The Morgan fingerprint density at radius 3 is 2.00 bits per heavy atom. The normalized spacial score (nSPS) is 11.0. The van der Waals surface area contributed by atoms with Gasteiger partial charge in [-0.25, -0.2) is 4.79 Å². The van der Waals surface area contributed by atoms with E-state index >= 15 is 0 Å². The number of esters is 2. The van der Waals surface area contributed by atoms with E-state index in [9.17, 15) is 14.4 Å². The van der Waals surface area contributed by atoms with E-state index in [1.54, 1.807) is 66.9 Å². The van der Waals surface area contributed by atoms with E-state index in [1.807, 2.05) is 0 Å². The summed E-state index contributed by atoms with van der Waals surface area (Å²) in [5.41, 5.74) is 1.19. The summed E-state index contributed by atoms with van der Waals surface area (Å²) in [7, 11) is 0. The van der Waals surface area contributed by atoms with Crippen LogP contribution in [-0.2, 0) is 25.6 Å². The number of aromatic nitrogens is 1. The molecule has 1 heterocycles. The second kappa shape index (κ2) is 7.39. The minimum Gasteiger partial charge on any atom is -0.460 e. The first-order valence-corrected chi connectivity index (χ1v) is 8.32. The van der Waals surface area contributed by atoms with Gasteiger partial charge in [0.1, 0.15) is 6.54 Å². The predicted molar refractivity (Wildman–Crippen MR) is 97.9 cm³/mol. The summed E-state index contributed by atoms with van der Waals surface area (Å²) in [6.07, 6.45) is -0.270. The molecule has 2 aromatic carbocycles. The van der Waals surface area contributed by atoms with Crippen LogP contribution in [-0.4, -0.2) is 29.2 Å². The first-order chi connectivity index (χ1) is 12.5. The molecule has 6 heteroatoms. The number of pyridine rings is 1. The SMILES string of the molecule is CC(C)OC(=O)COC(=O)Cn1c2ccccc2c(=O)c2ccccc21. The molecular weight excluding hydrogens is 334 g/mol. The van der Waals surface area contributed by atoms with Gasteiger partial charge in [0.25, 0.3) is 0 Å². The lowest BCUT2D eigenvalue weighted by atomic mass is 10.1. The number of nitrogens with zero attached hydrogens (tertiary/aromatic N) is 1. The standard InChI is InChI=1S/C20H19NO5/c1-13(2)26-19(23)12-25-18(22)11-21-16-9-5-3-7-14(16)20(24)15-8-4-6-10-17(15)21/h3-10,13H,11-12H2,1-2H3. The van der Waals surface area contributed by atoms with Gasteiger partial charge in [-0.05, 0) is 38.1 Å². The third-order valence-corrected chi connectivity index (χ3v) is 3.88. The van der Waals surface area contributed by atoms with Gasteiger partial charge < -0.3 is 14.0 Å². The van der Waals surface area contributed by atoms with Crippen LogP contribution in [0, 0.1) is 0 Å². The Labute approximate surface area is 149 Å². The van der Waals surface area contributed by atoms with Crippen molar-refractivity contribution < 1.29 is 19.1 Å². The molecule has 0 spiro atoms.